The molecule has 146 valence electrons. The first kappa shape index (κ1) is 19.6. The van der Waals surface area contributed by atoms with E-state index in [1.54, 1.807) is 0 Å². The van der Waals surface area contributed by atoms with Crippen LogP contribution in [0.25, 0.3) is 10.9 Å². The molecule has 27 heavy (non-hydrogen) atoms. The van der Waals surface area contributed by atoms with Gasteiger partial charge >= 0.3 is 0 Å². The van der Waals surface area contributed by atoms with E-state index in [1.807, 2.05) is 26.0 Å². The number of amides is 1. The smallest absolute Gasteiger partial charge is 0.253 e. The third-order valence-corrected chi connectivity index (χ3v) is 6.44. The van der Waals surface area contributed by atoms with Crippen LogP contribution in [0.3, 0.4) is 0 Å². The zero-order valence-electron chi connectivity index (χ0n) is 15.8. The molecule has 1 amide bonds. The van der Waals surface area contributed by atoms with Crippen molar-refractivity contribution in [2.24, 2.45) is 5.92 Å². The number of aryl methyl sites for hydroxylation is 2. The summed E-state index contributed by atoms with van der Waals surface area (Å²) >= 11 is 0. The number of aromatic nitrogens is 1. The first-order valence-electron chi connectivity index (χ1n) is 9.01. The number of nitrogens with one attached hydrogen (secondary N) is 2. The number of carbonyl (C=O) groups excluding carboxylic acids is 1. The molecule has 1 aliphatic heterocycles. The average Bonchev–Trinajstić information content (AvgIpc) is 2.59. The van der Waals surface area contributed by atoms with E-state index in [9.17, 15) is 18.0 Å². The van der Waals surface area contributed by atoms with E-state index in [0.717, 1.165) is 22.0 Å². The molecule has 0 atom stereocenters. The lowest BCUT2D eigenvalue weighted by molar-refractivity contribution is -0.126. The molecule has 1 aliphatic rings. The molecule has 0 spiro atoms. The molecule has 1 saturated heterocycles. The van der Waals surface area contributed by atoms with Crippen LogP contribution in [0.15, 0.2) is 23.0 Å². The van der Waals surface area contributed by atoms with Crippen LogP contribution in [0.1, 0.15) is 29.5 Å². The summed E-state index contributed by atoms with van der Waals surface area (Å²) < 4.78 is 24.5. The molecule has 0 aliphatic carbocycles. The van der Waals surface area contributed by atoms with Crippen molar-refractivity contribution in [3.8, 4) is 0 Å². The Hall–Kier alpha value is -2.19. The number of benzene rings is 1. The highest BCUT2D eigenvalue weighted by Crippen LogP contribution is 2.20. The van der Waals surface area contributed by atoms with Gasteiger partial charge in [0.05, 0.1) is 6.26 Å². The van der Waals surface area contributed by atoms with E-state index in [-0.39, 0.29) is 23.9 Å². The predicted octanol–water partition coefficient (Wildman–Crippen LogP) is 1.43. The fourth-order valence-corrected chi connectivity index (χ4v) is 4.50. The fraction of sp³-hybridized carbons (Fsp3) is 0.474. The van der Waals surface area contributed by atoms with E-state index >= 15 is 0 Å². The molecular formula is C19H25N3O4S. The zero-order valence-corrected chi connectivity index (χ0v) is 16.6. The van der Waals surface area contributed by atoms with Crippen LogP contribution in [0, 0.1) is 19.8 Å². The number of carbonyl (C=O) groups is 1. The Balaban J connectivity index is 1.67. The summed E-state index contributed by atoms with van der Waals surface area (Å²) in [4.78, 5) is 27.6. The Morgan fingerprint density at radius 2 is 1.89 bits per heavy atom. The maximum absolute atomic E-state index is 12.4. The summed E-state index contributed by atoms with van der Waals surface area (Å²) in [5.74, 6) is -0.366. The van der Waals surface area contributed by atoms with Gasteiger partial charge in [0, 0.05) is 42.0 Å². The average molecular weight is 391 g/mol. The second-order valence-corrected chi connectivity index (χ2v) is 9.30. The van der Waals surface area contributed by atoms with Gasteiger partial charge in [-0.3, -0.25) is 9.59 Å². The van der Waals surface area contributed by atoms with Gasteiger partial charge in [-0.05, 0) is 49.9 Å². The summed E-state index contributed by atoms with van der Waals surface area (Å²) in [6, 6.07) is 5.82. The van der Waals surface area contributed by atoms with Crippen LogP contribution >= 0.6 is 0 Å². The van der Waals surface area contributed by atoms with Crippen molar-refractivity contribution in [3.63, 3.8) is 0 Å². The molecule has 3 rings (SSSR count). The van der Waals surface area contributed by atoms with Crippen LogP contribution in [-0.4, -0.2) is 43.0 Å². The normalized spacial score (nSPS) is 16.6. The Morgan fingerprint density at radius 3 is 2.52 bits per heavy atom. The molecular weight excluding hydrogens is 366 g/mol. The van der Waals surface area contributed by atoms with Crippen LogP contribution in [0.2, 0.25) is 0 Å². The van der Waals surface area contributed by atoms with Gasteiger partial charge in [-0.25, -0.2) is 12.7 Å². The van der Waals surface area contributed by atoms with Crippen LogP contribution in [0.4, 0.5) is 0 Å². The minimum Gasteiger partial charge on any atom is -0.352 e. The number of H-pyrrole nitrogens is 1. The summed E-state index contributed by atoms with van der Waals surface area (Å²) in [5, 5.41) is 3.80. The van der Waals surface area contributed by atoms with E-state index in [2.05, 4.69) is 16.4 Å². The number of aromatic amines is 1. The molecule has 0 saturated carbocycles. The molecule has 0 unspecified atom stereocenters. The van der Waals surface area contributed by atoms with Gasteiger partial charge in [-0.15, -0.1) is 0 Å². The molecule has 0 radical (unpaired) electrons. The number of fused-ring (bicyclic) bond motifs is 1. The third kappa shape index (κ3) is 4.39. The SMILES string of the molecule is Cc1cc(C)c2cc(CNC(=O)C3CCN(S(C)(=O)=O)CC3)c(=O)[nH]c2c1. The quantitative estimate of drug-likeness (QED) is 0.824. The van der Waals surface area contributed by atoms with E-state index < -0.39 is 10.0 Å². The molecule has 8 heteroatoms. The predicted molar refractivity (Wildman–Crippen MR) is 105 cm³/mol. The number of hydrogen-bond donors (Lipinski definition) is 2. The Bertz CT molecular complexity index is 1030. The highest BCUT2D eigenvalue weighted by atomic mass is 32.2. The molecule has 1 aromatic carbocycles. The molecule has 0 bridgehead atoms. The molecule has 2 N–H and O–H groups in total. The Kier molecular flexibility index (Phi) is 5.39. The highest BCUT2D eigenvalue weighted by Gasteiger charge is 2.28. The molecule has 2 heterocycles. The van der Waals surface area contributed by atoms with Gasteiger partial charge in [0.2, 0.25) is 15.9 Å². The van der Waals surface area contributed by atoms with Crippen molar-refractivity contribution in [3.05, 3.63) is 45.2 Å². The van der Waals surface area contributed by atoms with Crippen molar-refractivity contribution >= 4 is 26.8 Å². The van der Waals surface area contributed by atoms with Crippen molar-refractivity contribution < 1.29 is 13.2 Å². The first-order chi connectivity index (χ1) is 12.6. The Labute approximate surface area is 158 Å². The molecule has 7 nitrogen and oxygen atoms in total. The standard InChI is InChI=1S/C19H25N3O4S/c1-12-8-13(2)16-10-15(19(24)21-17(16)9-12)11-20-18(23)14-4-6-22(7-5-14)27(3,25)26/h8-10,14H,4-7,11H2,1-3H3,(H,20,23)(H,21,24). The van der Waals surface area contributed by atoms with Gasteiger partial charge in [0.15, 0.2) is 0 Å². The summed E-state index contributed by atoms with van der Waals surface area (Å²) in [6.07, 6.45) is 2.17. The summed E-state index contributed by atoms with van der Waals surface area (Å²) in [5.41, 5.74) is 3.25. The zero-order chi connectivity index (χ0) is 19.8. The van der Waals surface area contributed by atoms with Crippen molar-refractivity contribution in [2.75, 3.05) is 19.3 Å². The lowest BCUT2D eigenvalue weighted by Crippen LogP contribution is -2.42. The van der Waals surface area contributed by atoms with Gasteiger partial charge in [0.1, 0.15) is 0 Å². The molecule has 2 aromatic rings. The second kappa shape index (κ2) is 7.44. The van der Waals surface area contributed by atoms with Crippen LogP contribution in [-0.2, 0) is 21.4 Å². The number of rotatable bonds is 4. The van der Waals surface area contributed by atoms with Crippen LogP contribution in [0.5, 0.6) is 0 Å². The molecule has 1 fully saturated rings. The van der Waals surface area contributed by atoms with E-state index in [0.29, 0.717) is 31.5 Å². The molecule has 1 aromatic heterocycles. The van der Waals surface area contributed by atoms with Crippen molar-refractivity contribution in [1.29, 1.82) is 0 Å². The van der Waals surface area contributed by atoms with E-state index in [1.165, 1.54) is 10.6 Å². The van der Waals surface area contributed by atoms with Gasteiger partial charge in [-0.2, -0.15) is 0 Å². The Morgan fingerprint density at radius 1 is 1.22 bits per heavy atom. The number of nitrogens with zero attached hydrogens (tertiary/aromatic N) is 1. The van der Waals surface area contributed by atoms with Gasteiger partial charge < -0.3 is 10.3 Å². The monoisotopic (exact) mass is 391 g/mol. The number of hydrogen-bond acceptors (Lipinski definition) is 4. The number of piperidine rings is 1. The lowest BCUT2D eigenvalue weighted by atomic mass is 9.97. The first-order valence-corrected chi connectivity index (χ1v) is 10.9. The maximum atomic E-state index is 12.4. The topological polar surface area (TPSA) is 99.3 Å². The summed E-state index contributed by atoms with van der Waals surface area (Å²) in [6.45, 7) is 4.83. The number of pyridine rings is 1. The second-order valence-electron chi connectivity index (χ2n) is 7.32. The maximum Gasteiger partial charge on any atom is 0.253 e. The fourth-order valence-electron chi connectivity index (χ4n) is 3.62. The number of sulfonamides is 1. The largest absolute Gasteiger partial charge is 0.352 e. The minimum atomic E-state index is -3.21. The summed E-state index contributed by atoms with van der Waals surface area (Å²) in [7, 11) is -3.21. The van der Waals surface area contributed by atoms with Gasteiger partial charge in [0.25, 0.3) is 5.56 Å². The highest BCUT2D eigenvalue weighted by molar-refractivity contribution is 7.88. The minimum absolute atomic E-state index is 0.136. The lowest BCUT2D eigenvalue weighted by Gasteiger charge is -2.29. The van der Waals surface area contributed by atoms with Crippen LogP contribution < -0.4 is 10.9 Å². The van der Waals surface area contributed by atoms with E-state index in [4.69, 9.17) is 0 Å². The van der Waals surface area contributed by atoms with Gasteiger partial charge in [-0.1, -0.05) is 6.07 Å². The third-order valence-electron chi connectivity index (χ3n) is 5.14. The van der Waals surface area contributed by atoms with Crippen molar-refractivity contribution in [1.82, 2.24) is 14.6 Å². The van der Waals surface area contributed by atoms with Crippen molar-refractivity contribution in [2.45, 2.75) is 33.2 Å².